The first kappa shape index (κ1) is 10.0. The van der Waals surface area contributed by atoms with Crippen molar-refractivity contribution in [3.05, 3.63) is 41.0 Å². The molecule has 0 spiro atoms. The molecule has 0 atom stereocenters. The number of benzene rings is 1. The van der Waals surface area contributed by atoms with Crippen molar-refractivity contribution in [2.45, 2.75) is 34.1 Å². The number of aryl methyl sites for hydroxylation is 2. The maximum absolute atomic E-state index is 2.29. The van der Waals surface area contributed by atoms with Crippen LogP contribution in [0.25, 0.3) is 5.57 Å². The van der Waals surface area contributed by atoms with Crippen LogP contribution in [0.1, 0.15) is 37.0 Å². The van der Waals surface area contributed by atoms with Gasteiger partial charge in [0.2, 0.25) is 0 Å². The Labute approximate surface area is 81.3 Å². The summed E-state index contributed by atoms with van der Waals surface area (Å²) >= 11 is 0. The monoisotopic (exact) mass is 174 g/mol. The fraction of sp³-hybridized carbons (Fsp3) is 0.385. The Morgan fingerprint density at radius 3 is 2.23 bits per heavy atom. The van der Waals surface area contributed by atoms with E-state index in [2.05, 4.69) is 52.0 Å². The van der Waals surface area contributed by atoms with E-state index < -0.39 is 0 Å². The molecular weight excluding hydrogens is 156 g/mol. The minimum atomic E-state index is 1.11. The summed E-state index contributed by atoms with van der Waals surface area (Å²) < 4.78 is 0. The Balaban J connectivity index is 3.20. The molecule has 0 saturated carbocycles. The van der Waals surface area contributed by atoms with Gasteiger partial charge in [-0.15, -0.1) is 0 Å². The van der Waals surface area contributed by atoms with Crippen molar-refractivity contribution < 1.29 is 0 Å². The zero-order chi connectivity index (χ0) is 9.84. The molecular formula is C13H18. The Morgan fingerprint density at radius 2 is 1.77 bits per heavy atom. The normalized spacial score (nSPS) is 11.8. The summed E-state index contributed by atoms with van der Waals surface area (Å²) in [4.78, 5) is 0. The van der Waals surface area contributed by atoms with Gasteiger partial charge in [-0.05, 0) is 49.5 Å². The van der Waals surface area contributed by atoms with Crippen molar-refractivity contribution in [1.29, 1.82) is 0 Å². The predicted octanol–water partition coefficient (Wildman–Crippen LogP) is 4.12. The van der Waals surface area contributed by atoms with Crippen LogP contribution in [0.4, 0.5) is 0 Å². The molecule has 0 heteroatoms. The van der Waals surface area contributed by atoms with Crippen molar-refractivity contribution in [1.82, 2.24) is 0 Å². The highest BCUT2D eigenvalue weighted by Crippen LogP contribution is 2.22. The molecule has 0 saturated heterocycles. The standard InChI is InChI=1S/C13H18/c1-5-7-10(2)13-11(3)8-6-9-12(13)4/h6-9H,5H2,1-4H3/b10-7-. The number of rotatable bonds is 2. The lowest BCUT2D eigenvalue weighted by molar-refractivity contribution is 1.21. The van der Waals surface area contributed by atoms with Gasteiger partial charge < -0.3 is 0 Å². The van der Waals surface area contributed by atoms with Crippen LogP contribution < -0.4 is 0 Å². The molecule has 70 valence electrons. The molecule has 0 nitrogen and oxygen atoms in total. The van der Waals surface area contributed by atoms with E-state index in [1.807, 2.05) is 0 Å². The molecule has 0 amide bonds. The van der Waals surface area contributed by atoms with Crippen molar-refractivity contribution in [2.24, 2.45) is 0 Å². The summed E-state index contributed by atoms with van der Waals surface area (Å²) in [5, 5.41) is 0. The summed E-state index contributed by atoms with van der Waals surface area (Å²) in [6, 6.07) is 6.47. The van der Waals surface area contributed by atoms with Crippen LogP contribution in [-0.4, -0.2) is 0 Å². The highest BCUT2D eigenvalue weighted by atomic mass is 14.1. The second-order valence-corrected chi connectivity index (χ2v) is 3.56. The van der Waals surface area contributed by atoms with Crippen LogP contribution >= 0.6 is 0 Å². The highest BCUT2D eigenvalue weighted by molar-refractivity contribution is 5.69. The first-order valence-corrected chi connectivity index (χ1v) is 4.90. The van der Waals surface area contributed by atoms with Gasteiger partial charge in [0.15, 0.2) is 0 Å². The SMILES string of the molecule is CC/C=C(/C)c1c(C)cccc1C. The van der Waals surface area contributed by atoms with Crippen LogP contribution in [0.2, 0.25) is 0 Å². The molecule has 0 fully saturated rings. The Bertz CT molecular complexity index is 299. The summed E-state index contributed by atoms with van der Waals surface area (Å²) in [6.45, 7) is 8.72. The smallest absolute Gasteiger partial charge is 0.0172 e. The van der Waals surface area contributed by atoms with Gasteiger partial charge >= 0.3 is 0 Å². The lowest BCUT2D eigenvalue weighted by atomic mass is 9.96. The highest BCUT2D eigenvalue weighted by Gasteiger charge is 2.02. The van der Waals surface area contributed by atoms with E-state index >= 15 is 0 Å². The summed E-state index contributed by atoms with van der Waals surface area (Å²) in [6.07, 6.45) is 3.40. The van der Waals surface area contributed by atoms with Crippen LogP contribution in [0.15, 0.2) is 24.3 Å². The molecule has 0 aliphatic heterocycles. The van der Waals surface area contributed by atoms with E-state index in [0.29, 0.717) is 0 Å². The van der Waals surface area contributed by atoms with Gasteiger partial charge in [-0.2, -0.15) is 0 Å². The molecule has 0 unspecified atom stereocenters. The van der Waals surface area contributed by atoms with E-state index in [-0.39, 0.29) is 0 Å². The minimum absolute atomic E-state index is 1.11. The first-order chi connectivity index (χ1) is 6.16. The summed E-state index contributed by atoms with van der Waals surface area (Å²) in [7, 11) is 0. The maximum Gasteiger partial charge on any atom is -0.0172 e. The minimum Gasteiger partial charge on any atom is -0.0813 e. The third-order valence-electron chi connectivity index (χ3n) is 2.39. The lowest BCUT2D eigenvalue weighted by Crippen LogP contribution is -1.89. The average molecular weight is 174 g/mol. The van der Waals surface area contributed by atoms with Crippen molar-refractivity contribution >= 4 is 5.57 Å². The zero-order valence-electron chi connectivity index (χ0n) is 9.02. The fourth-order valence-electron chi connectivity index (χ4n) is 1.84. The van der Waals surface area contributed by atoms with E-state index in [0.717, 1.165) is 6.42 Å². The van der Waals surface area contributed by atoms with Gasteiger partial charge in [-0.25, -0.2) is 0 Å². The lowest BCUT2D eigenvalue weighted by Gasteiger charge is -2.09. The average Bonchev–Trinajstić information content (AvgIpc) is 2.04. The van der Waals surface area contributed by atoms with Gasteiger partial charge in [0, 0.05) is 0 Å². The third-order valence-corrected chi connectivity index (χ3v) is 2.39. The van der Waals surface area contributed by atoms with Crippen LogP contribution in [0.5, 0.6) is 0 Å². The van der Waals surface area contributed by atoms with Gasteiger partial charge in [-0.1, -0.05) is 31.2 Å². The van der Waals surface area contributed by atoms with Crippen molar-refractivity contribution in [3.63, 3.8) is 0 Å². The van der Waals surface area contributed by atoms with Crippen LogP contribution in [0, 0.1) is 13.8 Å². The molecule has 1 aromatic rings. The Kier molecular flexibility index (Phi) is 3.30. The van der Waals surface area contributed by atoms with E-state index in [9.17, 15) is 0 Å². The van der Waals surface area contributed by atoms with Gasteiger partial charge in [0.05, 0.1) is 0 Å². The summed E-state index contributed by atoms with van der Waals surface area (Å²) in [5.74, 6) is 0. The molecule has 0 aromatic heterocycles. The molecule has 0 radical (unpaired) electrons. The van der Waals surface area contributed by atoms with E-state index in [1.165, 1.54) is 22.3 Å². The third kappa shape index (κ3) is 2.21. The van der Waals surface area contributed by atoms with Crippen LogP contribution in [0.3, 0.4) is 0 Å². The Hall–Kier alpha value is -1.04. The maximum atomic E-state index is 2.29. The van der Waals surface area contributed by atoms with Gasteiger partial charge in [0.25, 0.3) is 0 Å². The van der Waals surface area contributed by atoms with E-state index in [1.54, 1.807) is 0 Å². The number of allylic oxidation sites excluding steroid dienone is 2. The topological polar surface area (TPSA) is 0 Å². The zero-order valence-corrected chi connectivity index (χ0v) is 9.02. The molecule has 0 heterocycles. The first-order valence-electron chi connectivity index (χ1n) is 4.90. The van der Waals surface area contributed by atoms with Crippen molar-refractivity contribution in [3.8, 4) is 0 Å². The number of hydrogen-bond donors (Lipinski definition) is 0. The van der Waals surface area contributed by atoms with Gasteiger partial charge in [-0.3, -0.25) is 0 Å². The van der Waals surface area contributed by atoms with Crippen LogP contribution in [-0.2, 0) is 0 Å². The number of hydrogen-bond acceptors (Lipinski definition) is 0. The molecule has 1 aromatic carbocycles. The molecule has 0 aliphatic rings. The second-order valence-electron chi connectivity index (χ2n) is 3.56. The molecule has 0 aliphatic carbocycles. The molecule has 0 N–H and O–H groups in total. The second kappa shape index (κ2) is 4.27. The van der Waals surface area contributed by atoms with E-state index in [4.69, 9.17) is 0 Å². The fourth-order valence-corrected chi connectivity index (χ4v) is 1.84. The van der Waals surface area contributed by atoms with Crippen molar-refractivity contribution in [2.75, 3.05) is 0 Å². The predicted molar refractivity (Wildman–Crippen MR) is 59.9 cm³/mol. The van der Waals surface area contributed by atoms with Gasteiger partial charge in [0.1, 0.15) is 0 Å². The quantitative estimate of drug-likeness (QED) is 0.632. The summed E-state index contributed by atoms with van der Waals surface area (Å²) in [5.41, 5.74) is 5.58. The molecule has 13 heavy (non-hydrogen) atoms. The molecule has 0 bridgehead atoms. The molecule has 1 rings (SSSR count). The largest absolute Gasteiger partial charge is 0.0813 e. The Morgan fingerprint density at radius 1 is 1.23 bits per heavy atom.